The third kappa shape index (κ3) is 6.47. The molecule has 0 spiro atoms. The van der Waals surface area contributed by atoms with Gasteiger partial charge in [-0.3, -0.25) is 4.79 Å². The Morgan fingerprint density at radius 3 is 2.67 bits per heavy atom. The minimum Gasteiger partial charge on any atom is -0.383 e. The molecule has 0 aliphatic heterocycles. The molecule has 2 atom stereocenters. The first-order chi connectivity index (χ1) is 7.15. The summed E-state index contributed by atoms with van der Waals surface area (Å²) in [5.74, 6) is 0.145. The fourth-order valence-corrected chi connectivity index (χ4v) is 1.36. The Hall–Kier alpha value is -0.610. The second-order valence-corrected chi connectivity index (χ2v) is 3.90. The molecular formula is C11H24N2O2. The van der Waals surface area contributed by atoms with Gasteiger partial charge in [0.1, 0.15) is 0 Å². The highest BCUT2D eigenvalue weighted by molar-refractivity contribution is 5.78. The second kappa shape index (κ2) is 8.68. The van der Waals surface area contributed by atoms with Gasteiger partial charge in [0.25, 0.3) is 0 Å². The third-order valence-electron chi connectivity index (χ3n) is 2.50. The number of methoxy groups -OCH3 is 1. The molecule has 2 unspecified atom stereocenters. The van der Waals surface area contributed by atoms with Crippen LogP contribution in [0.25, 0.3) is 0 Å². The summed E-state index contributed by atoms with van der Waals surface area (Å²) >= 11 is 0. The number of nitrogens with one attached hydrogen (secondary N) is 1. The molecular weight excluding hydrogens is 192 g/mol. The van der Waals surface area contributed by atoms with E-state index in [4.69, 9.17) is 10.5 Å². The Balaban J connectivity index is 3.87. The molecule has 90 valence electrons. The van der Waals surface area contributed by atoms with Crippen LogP contribution in [0.4, 0.5) is 0 Å². The molecule has 3 N–H and O–H groups in total. The summed E-state index contributed by atoms with van der Waals surface area (Å²) in [6, 6.07) is 0.128. The summed E-state index contributed by atoms with van der Waals surface area (Å²) < 4.78 is 5.02. The molecule has 0 saturated carbocycles. The van der Waals surface area contributed by atoms with Gasteiger partial charge in [0, 0.05) is 13.0 Å². The molecule has 4 heteroatoms. The first-order valence-corrected chi connectivity index (χ1v) is 5.65. The highest BCUT2D eigenvalue weighted by Crippen LogP contribution is 2.05. The molecule has 0 bridgehead atoms. The molecule has 0 fully saturated rings. The van der Waals surface area contributed by atoms with Crippen molar-refractivity contribution in [2.45, 2.75) is 39.2 Å². The molecule has 0 aliphatic rings. The van der Waals surface area contributed by atoms with Gasteiger partial charge >= 0.3 is 0 Å². The van der Waals surface area contributed by atoms with Gasteiger partial charge in [-0.1, -0.05) is 13.8 Å². The lowest BCUT2D eigenvalue weighted by molar-refractivity contribution is -0.125. The standard InChI is InChI=1S/C11H24N2O2/c1-4-10(8-15-3)13-11(14)9(2)6-5-7-12/h9-10H,4-8,12H2,1-3H3,(H,13,14). The van der Waals surface area contributed by atoms with E-state index in [1.165, 1.54) is 0 Å². The van der Waals surface area contributed by atoms with Gasteiger partial charge in [-0.05, 0) is 25.8 Å². The lowest BCUT2D eigenvalue weighted by atomic mass is 10.0. The molecule has 15 heavy (non-hydrogen) atoms. The van der Waals surface area contributed by atoms with Crippen molar-refractivity contribution in [2.24, 2.45) is 11.7 Å². The highest BCUT2D eigenvalue weighted by atomic mass is 16.5. The van der Waals surface area contributed by atoms with Crippen molar-refractivity contribution < 1.29 is 9.53 Å². The van der Waals surface area contributed by atoms with E-state index in [1.54, 1.807) is 7.11 Å². The lowest BCUT2D eigenvalue weighted by Crippen LogP contribution is -2.40. The van der Waals surface area contributed by atoms with Crippen LogP contribution in [0.15, 0.2) is 0 Å². The van der Waals surface area contributed by atoms with E-state index in [0.717, 1.165) is 19.3 Å². The Bertz CT molecular complexity index is 174. The number of nitrogens with two attached hydrogens (primary N) is 1. The predicted molar refractivity (Wildman–Crippen MR) is 61.6 cm³/mol. The fraction of sp³-hybridized carbons (Fsp3) is 0.909. The number of hydrogen-bond acceptors (Lipinski definition) is 3. The first-order valence-electron chi connectivity index (χ1n) is 5.65. The maximum atomic E-state index is 11.7. The number of carbonyl (C=O) groups excluding carboxylic acids is 1. The van der Waals surface area contributed by atoms with Crippen molar-refractivity contribution in [3.05, 3.63) is 0 Å². The van der Waals surface area contributed by atoms with Crippen molar-refractivity contribution in [2.75, 3.05) is 20.3 Å². The summed E-state index contributed by atoms with van der Waals surface area (Å²) in [5, 5.41) is 2.97. The summed E-state index contributed by atoms with van der Waals surface area (Å²) in [6.07, 6.45) is 2.64. The quantitative estimate of drug-likeness (QED) is 0.633. The molecule has 0 aromatic heterocycles. The van der Waals surface area contributed by atoms with Crippen molar-refractivity contribution >= 4 is 5.91 Å². The van der Waals surface area contributed by atoms with E-state index >= 15 is 0 Å². The Morgan fingerprint density at radius 1 is 1.53 bits per heavy atom. The Labute approximate surface area is 92.6 Å². The minimum atomic E-state index is 0.0412. The number of amides is 1. The van der Waals surface area contributed by atoms with Crippen LogP contribution in [0.3, 0.4) is 0 Å². The number of hydrogen-bond donors (Lipinski definition) is 2. The van der Waals surface area contributed by atoms with Gasteiger partial charge in [-0.25, -0.2) is 0 Å². The summed E-state index contributed by atoms with van der Waals surface area (Å²) in [6.45, 7) is 5.19. The van der Waals surface area contributed by atoms with E-state index in [-0.39, 0.29) is 17.9 Å². The van der Waals surface area contributed by atoms with Crippen molar-refractivity contribution in [1.82, 2.24) is 5.32 Å². The summed E-state index contributed by atoms with van der Waals surface area (Å²) in [7, 11) is 1.65. The lowest BCUT2D eigenvalue weighted by Gasteiger charge is -2.18. The number of carbonyl (C=O) groups is 1. The molecule has 0 radical (unpaired) electrons. The smallest absolute Gasteiger partial charge is 0.223 e. The summed E-state index contributed by atoms with van der Waals surface area (Å²) in [5.41, 5.74) is 5.40. The maximum absolute atomic E-state index is 11.7. The van der Waals surface area contributed by atoms with Gasteiger partial charge in [0.05, 0.1) is 12.6 Å². The predicted octanol–water partition coefficient (Wildman–Crippen LogP) is 0.903. The molecule has 4 nitrogen and oxygen atoms in total. The van der Waals surface area contributed by atoms with Crippen LogP contribution in [0.5, 0.6) is 0 Å². The van der Waals surface area contributed by atoms with Crippen LogP contribution in [0.2, 0.25) is 0 Å². The van der Waals surface area contributed by atoms with E-state index in [1.807, 2.05) is 13.8 Å². The Morgan fingerprint density at radius 2 is 2.20 bits per heavy atom. The van der Waals surface area contributed by atoms with Crippen molar-refractivity contribution in [3.63, 3.8) is 0 Å². The van der Waals surface area contributed by atoms with Crippen LogP contribution in [0, 0.1) is 5.92 Å². The van der Waals surface area contributed by atoms with Gasteiger partial charge in [0.15, 0.2) is 0 Å². The molecule has 0 aromatic carbocycles. The van der Waals surface area contributed by atoms with Gasteiger partial charge in [-0.15, -0.1) is 0 Å². The normalized spacial score (nSPS) is 14.7. The van der Waals surface area contributed by atoms with Crippen LogP contribution >= 0.6 is 0 Å². The second-order valence-electron chi connectivity index (χ2n) is 3.90. The van der Waals surface area contributed by atoms with Crippen molar-refractivity contribution in [1.29, 1.82) is 0 Å². The Kier molecular flexibility index (Phi) is 8.33. The molecule has 0 aliphatic carbocycles. The average molecular weight is 216 g/mol. The SMILES string of the molecule is CCC(COC)NC(=O)C(C)CCCN. The zero-order valence-electron chi connectivity index (χ0n) is 10.1. The van der Waals surface area contributed by atoms with Gasteiger partial charge < -0.3 is 15.8 Å². The van der Waals surface area contributed by atoms with E-state index in [2.05, 4.69) is 5.32 Å². The zero-order chi connectivity index (χ0) is 11.7. The molecule has 0 heterocycles. The number of rotatable bonds is 8. The van der Waals surface area contributed by atoms with Crippen LogP contribution in [-0.4, -0.2) is 32.2 Å². The van der Waals surface area contributed by atoms with Gasteiger partial charge in [-0.2, -0.15) is 0 Å². The minimum absolute atomic E-state index is 0.0412. The molecule has 0 saturated heterocycles. The topological polar surface area (TPSA) is 64.3 Å². The maximum Gasteiger partial charge on any atom is 0.223 e. The number of ether oxygens (including phenoxy) is 1. The van der Waals surface area contributed by atoms with Crippen LogP contribution in [-0.2, 0) is 9.53 Å². The highest BCUT2D eigenvalue weighted by Gasteiger charge is 2.15. The molecule has 1 amide bonds. The van der Waals surface area contributed by atoms with E-state index in [0.29, 0.717) is 13.2 Å². The molecule has 0 aromatic rings. The van der Waals surface area contributed by atoms with E-state index < -0.39 is 0 Å². The fourth-order valence-electron chi connectivity index (χ4n) is 1.36. The summed E-state index contributed by atoms with van der Waals surface area (Å²) in [4.78, 5) is 11.7. The van der Waals surface area contributed by atoms with E-state index in [9.17, 15) is 4.79 Å². The van der Waals surface area contributed by atoms with Crippen LogP contribution in [0.1, 0.15) is 33.1 Å². The largest absolute Gasteiger partial charge is 0.383 e. The van der Waals surface area contributed by atoms with Gasteiger partial charge in [0.2, 0.25) is 5.91 Å². The first kappa shape index (κ1) is 14.4. The van der Waals surface area contributed by atoms with Crippen molar-refractivity contribution in [3.8, 4) is 0 Å². The average Bonchev–Trinajstić information content (AvgIpc) is 2.24. The molecule has 0 rings (SSSR count). The van der Waals surface area contributed by atoms with Crippen LogP contribution < -0.4 is 11.1 Å². The third-order valence-corrected chi connectivity index (χ3v) is 2.50. The zero-order valence-corrected chi connectivity index (χ0v) is 10.1. The monoisotopic (exact) mass is 216 g/mol.